The van der Waals surface area contributed by atoms with Crippen LogP contribution in [-0.2, 0) is 4.79 Å². The first kappa shape index (κ1) is 19.4. The summed E-state index contributed by atoms with van der Waals surface area (Å²) < 4.78 is 0. The lowest BCUT2D eigenvalue weighted by atomic mass is 10.2. The topological polar surface area (TPSA) is 58.4 Å². The van der Waals surface area contributed by atoms with Crippen molar-refractivity contribution in [2.75, 3.05) is 24.3 Å². The van der Waals surface area contributed by atoms with Crippen LogP contribution in [0.3, 0.4) is 0 Å². The van der Waals surface area contributed by atoms with Crippen molar-refractivity contribution >= 4 is 42.1 Å². The van der Waals surface area contributed by atoms with Gasteiger partial charge in [-0.25, -0.2) is 0 Å². The first-order chi connectivity index (χ1) is 7.50. The Labute approximate surface area is 121 Å². The second-order valence-corrected chi connectivity index (χ2v) is 4.14. The average molecular weight is 294 g/mol. The number of carbonyl (C=O) groups excluding carboxylic acids is 1. The molecule has 104 valence electrons. The van der Waals surface area contributed by atoms with E-state index in [-0.39, 0.29) is 36.8 Å². The van der Waals surface area contributed by atoms with Gasteiger partial charge in [-0.05, 0) is 19.1 Å². The zero-order valence-electron chi connectivity index (χ0n) is 10.8. The third kappa shape index (κ3) is 6.10. The molecule has 0 saturated heterocycles. The lowest BCUT2D eigenvalue weighted by Crippen LogP contribution is -2.24. The Morgan fingerprint density at radius 2 is 1.89 bits per heavy atom. The van der Waals surface area contributed by atoms with Crippen LogP contribution in [0.2, 0.25) is 0 Å². The van der Waals surface area contributed by atoms with Crippen LogP contribution in [0.25, 0.3) is 0 Å². The molecular weight excluding hydrogens is 273 g/mol. The van der Waals surface area contributed by atoms with Gasteiger partial charge in [-0.2, -0.15) is 0 Å². The van der Waals surface area contributed by atoms with Crippen molar-refractivity contribution in [2.24, 2.45) is 5.73 Å². The third-order valence-corrected chi connectivity index (χ3v) is 2.17. The Kier molecular flexibility index (Phi) is 9.71. The van der Waals surface area contributed by atoms with Crippen LogP contribution in [0.1, 0.15) is 13.3 Å². The molecule has 1 amide bonds. The number of anilines is 2. The molecule has 0 aromatic heterocycles. The second-order valence-electron chi connectivity index (χ2n) is 4.14. The monoisotopic (exact) mass is 293 g/mol. The fourth-order valence-corrected chi connectivity index (χ4v) is 1.46. The molecule has 1 atom stereocenters. The van der Waals surface area contributed by atoms with E-state index in [1.165, 1.54) is 0 Å². The van der Waals surface area contributed by atoms with E-state index >= 15 is 0 Å². The SMILES string of the molecule is CC(N)CC(=O)Nc1ccccc1N(C)C.Cl.Cl. The number of nitrogens with two attached hydrogens (primary N) is 1. The molecular formula is C12H21Cl2N3O. The number of hydrogen-bond acceptors (Lipinski definition) is 3. The number of benzene rings is 1. The number of nitrogens with zero attached hydrogens (tertiary/aromatic N) is 1. The number of carbonyl (C=O) groups is 1. The standard InChI is InChI=1S/C12H19N3O.2ClH/c1-9(13)8-12(16)14-10-6-4-5-7-11(10)15(2)3;;/h4-7,9H,8,13H2,1-3H3,(H,14,16);2*1H. The summed E-state index contributed by atoms with van der Waals surface area (Å²) in [5.41, 5.74) is 7.38. The van der Waals surface area contributed by atoms with Gasteiger partial charge >= 0.3 is 0 Å². The van der Waals surface area contributed by atoms with Crippen molar-refractivity contribution < 1.29 is 4.79 Å². The van der Waals surface area contributed by atoms with Crippen molar-refractivity contribution in [1.29, 1.82) is 0 Å². The summed E-state index contributed by atoms with van der Waals surface area (Å²) in [6.45, 7) is 1.82. The highest BCUT2D eigenvalue weighted by atomic mass is 35.5. The van der Waals surface area contributed by atoms with Gasteiger partial charge in [0.2, 0.25) is 5.91 Å². The minimum absolute atomic E-state index is 0. The van der Waals surface area contributed by atoms with Gasteiger partial charge in [0.1, 0.15) is 0 Å². The summed E-state index contributed by atoms with van der Waals surface area (Å²) in [5.74, 6) is -0.0516. The molecule has 6 heteroatoms. The largest absolute Gasteiger partial charge is 0.376 e. The van der Waals surface area contributed by atoms with Gasteiger partial charge in [0, 0.05) is 26.6 Å². The Bertz CT molecular complexity index is 370. The maximum atomic E-state index is 11.6. The summed E-state index contributed by atoms with van der Waals surface area (Å²) in [7, 11) is 3.88. The van der Waals surface area contributed by atoms with Gasteiger partial charge in [-0.3, -0.25) is 4.79 Å². The lowest BCUT2D eigenvalue weighted by Gasteiger charge is -2.18. The van der Waals surface area contributed by atoms with Crippen LogP contribution in [-0.4, -0.2) is 26.0 Å². The summed E-state index contributed by atoms with van der Waals surface area (Å²) in [5, 5.41) is 2.86. The highest BCUT2D eigenvalue weighted by molar-refractivity contribution is 5.94. The maximum Gasteiger partial charge on any atom is 0.225 e. The minimum Gasteiger partial charge on any atom is -0.376 e. The highest BCUT2D eigenvalue weighted by Gasteiger charge is 2.09. The predicted octanol–water partition coefficient (Wildman–Crippen LogP) is 2.27. The molecule has 0 aliphatic heterocycles. The molecule has 1 rings (SSSR count). The molecule has 0 radical (unpaired) electrons. The molecule has 1 aromatic carbocycles. The van der Waals surface area contributed by atoms with E-state index < -0.39 is 0 Å². The molecule has 0 aliphatic carbocycles. The fourth-order valence-electron chi connectivity index (χ4n) is 1.46. The normalized spacial score (nSPS) is 10.7. The summed E-state index contributed by atoms with van der Waals surface area (Å²) in [6, 6.07) is 7.56. The summed E-state index contributed by atoms with van der Waals surface area (Å²) in [6.07, 6.45) is 0.335. The number of halogens is 2. The van der Waals surface area contributed by atoms with Crippen molar-refractivity contribution in [1.82, 2.24) is 0 Å². The quantitative estimate of drug-likeness (QED) is 0.895. The highest BCUT2D eigenvalue weighted by Crippen LogP contribution is 2.23. The minimum atomic E-state index is -0.119. The van der Waals surface area contributed by atoms with Crippen LogP contribution in [0.4, 0.5) is 11.4 Å². The van der Waals surface area contributed by atoms with Gasteiger partial charge < -0.3 is 16.0 Å². The molecule has 0 saturated carbocycles. The van der Waals surface area contributed by atoms with Gasteiger partial charge in [0.25, 0.3) is 0 Å². The number of para-hydroxylation sites is 2. The maximum absolute atomic E-state index is 11.6. The Hall–Kier alpha value is -0.970. The van der Waals surface area contributed by atoms with E-state index in [1.54, 1.807) is 0 Å². The molecule has 0 aliphatic rings. The molecule has 1 unspecified atom stereocenters. The molecule has 0 spiro atoms. The second kappa shape index (κ2) is 9.03. The van der Waals surface area contributed by atoms with Crippen LogP contribution in [0.5, 0.6) is 0 Å². The zero-order valence-corrected chi connectivity index (χ0v) is 12.5. The Morgan fingerprint density at radius 3 is 2.39 bits per heavy atom. The van der Waals surface area contributed by atoms with E-state index in [9.17, 15) is 4.79 Å². The first-order valence-corrected chi connectivity index (χ1v) is 5.32. The number of hydrogen-bond donors (Lipinski definition) is 2. The van der Waals surface area contributed by atoms with E-state index in [2.05, 4.69) is 5.32 Å². The summed E-state index contributed by atoms with van der Waals surface area (Å²) >= 11 is 0. The van der Waals surface area contributed by atoms with Crippen molar-refractivity contribution in [3.8, 4) is 0 Å². The van der Waals surface area contributed by atoms with Crippen molar-refractivity contribution in [3.05, 3.63) is 24.3 Å². The van der Waals surface area contributed by atoms with Crippen LogP contribution in [0.15, 0.2) is 24.3 Å². The third-order valence-electron chi connectivity index (χ3n) is 2.17. The van der Waals surface area contributed by atoms with Crippen molar-refractivity contribution in [3.63, 3.8) is 0 Å². The first-order valence-electron chi connectivity index (χ1n) is 5.32. The van der Waals surface area contributed by atoms with E-state index in [4.69, 9.17) is 5.73 Å². The molecule has 1 aromatic rings. The molecule has 0 heterocycles. The Balaban J connectivity index is 0. The number of amides is 1. The smallest absolute Gasteiger partial charge is 0.225 e. The van der Waals surface area contributed by atoms with Crippen LogP contribution < -0.4 is 16.0 Å². The molecule has 0 bridgehead atoms. The fraction of sp³-hybridized carbons (Fsp3) is 0.417. The lowest BCUT2D eigenvalue weighted by molar-refractivity contribution is -0.116. The molecule has 4 nitrogen and oxygen atoms in total. The van der Waals surface area contributed by atoms with Gasteiger partial charge in [0.15, 0.2) is 0 Å². The van der Waals surface area contributed by atoms with Gasteiger partial charge in [-0.1, -0.05) is 12.1 Å². The average Bonchev–Trinajstić information content (AvgIpc) is 2.16. The van der Waals surface area contributed by atoms with Crippen molar-refractivity contribution in [2.45, 2.75) is 19.4 Å². The van der Waals surface area contributed by atoms with E-state index in [0.29, 0.717) is 6.42 Å². The van der Waals surface area contributed by atoms with Crippen LogP contribution >= 0.6 is 24.8 Å². The number of nitrogens with one attached hydrogen (secondary N) is 1. The van der Waals surface area contributed by atoms with Gasteiger partial charge in [0.05, 0.1) is 11.4 Å². The zero-order chi connectivity index (χ0) is 12.1. The van der Waals surface area contributed by atoms with Gasteiger partial charge in [-0.15, -0.1) is 24.8 Å². The molecule has 3 N–H and O–H groups in total. The predicted molar refractivity (Wildman–Crippen MR) is 82.2 cm³/mol. The van der Waals surface area contributed by atoms with E-state index in [0.717, 1.165) is 11.4 Å². The Morgan fingerprint density at radius 1 is 1.33 bits per heavy atom. The van der Waals surface area contributed by atoms with Crippen LogP contribution in [0, 0.1) is 0 Å². The molecule has 0 fully saturated rings. The number of rotatable bonds is 4. The molecule has 18 heavy (non-hydrogen) atoms. The summed E-state index contributed by atoms with van der Waals surface area (Å²) in [4.78, 5) is 13.5. The van der Waals surface area contributed by atoms with E-state index in [1.807, 2.05) is 50.2 Å².